The van der Waals surface area contributed by atoms with Crippen LogP contribution in [0.4, 0.5) is 11.6 Å². The Labute approximate surface area is 103 Å². The maximum Gasteiger partial charge on any atom is 0.137 e. The number of aromatic nitrogens is 2. The van der Waals surface area contributed by atoms with Crippen LogP contribution in [0.15, 0.2) is 6.33 Å². The third-order valence-electron chi connectivity index (χ3n) is 3.34. The van der Waals surface area contributed by atoms with Crippen molar-refractivity contribution in [1.82, 2.24) is 9.97 Å². The molecule has 17 heavy (non-hydrogen) atoms. The molecule has 2 rings (SSSR count). The van der Waals surface area contributed by atoms with Crippen LogP contribution < -0.4 is 10.2 Å². The SMILES string of the molecule is CCNc1ncnc(N2CCC(C)C2)c1CC. The number of nitrogens with zero attached hydrogens (tertiary/aromatic N) is 3. The average Bonchev–Trinajstić information content (AvgIpc) is 2.76. The Morgan fingerprint density at radius 2 is 2.24 bits per heavy atom. The molecule has 0 aromatic carbocycles. The first-order valence-corrected chi connectivity index (χ1v) is 6.58. The second-order valence-corrected chi connectivity index (χ2v) is 4.75. The topological polar surface area (TPSA) is 41.1 Å². The fourth-order valence-corrected chi connectivity index (χ4v) is 2.45. The zero-order valence-electron chi connectivity index (χ0n) is 11.0. The lowest BCUT2D eigenvalue weighted by Gasteiger charge is -2.21. The highest BCUT2D eigenvalue weighted by molar-refractivity contribution is 5.59. The molecule has 1 aromatic rings. The molecule has 2 heterocycles. The van der Waals surface area contributed by atoms with Gasteiger partial charge in [0.25, 0.3) is 0 Å². The molecule has 0 amide bonds. The second-order valence-electron chi connectivity index (χ2n) is 4.75. The van der Waals surface area contributed by atoms with Crippen LogP contribution in [-0.2, 0) is 6.42 Å². The van der Waals surface area contributed by atoms with Gasteiger partial charge in [-0.2, -0.15) is 0 Å². The first kappa shape index (κ1) is 12.1. The van der Waals surface area contributed by atoms with E-state index in [4.69, 9.17) is 0 Å². The van der Waals surface area contributed by atoms with E-state index in [0.717, 1.165) is 43.6 Å². The van der Waals surface area contributed by atoms with Gasteiger partial charge in [0.2, 0.25) is 0 Å². The zero-order chi connectivity index (χ0) is 12.3. The van der Waals surface area contributed by atoms with Crippen LogP contribution in [0.2, 0.25) is 0 Å². The largest absolute Gasteiger partial charge is 0.370 e. The van der Waals surface area contributed by atoms with Crippen LogP contribution >= 0.6 is 0 Å². The van der Waals surface area contributed by atoms with Gasteiger partial charge in [0.1, 0.15) is 18.0 Å². The first-order valence-electron chi connectivity index (χ1n) is 6.58. The van der Waals surface area contributed by atoms with E-state index < -0.39 is 0 Å². The molecular formula is C13H22N4. The lowest BCUT2D eigenvalue weighted by atomic mass is 10.2. The molecule has 1 aromatic heterocycles. The summed E-state index contributed by atoms with van der Waals surface area (Å²) in [6.07, 6.45) is 3.92. The lowest BCUT2D eigenvalue weighted by molar-refractivity contribution is 0.658. The quantitative estimate of drug-likeness (QED) is 0.868. The van der Waals surface area contributed by atoms with Crippen molar-refractivity contribution >= 4 is 11.6 Å². The zero-order valence-corrected chi connectivity index (χ0v) is 11.0. The van der Waals surface area contributed by atoms with Crippen molar-refractivity contribution < 1.29 is 0 Å². The standard InChI is InChI=1S/C13H22N4/c1-4-11-12(14-5-2)15-9-16-13(11)17-7-6-10(3)8-17/h9-10H,4-8H2,1-3H3,(H,14,15,16). The van der Waals surface area contributed by atoms with Gasteiger partial charge in [-0.3, -0.25) is 0 Å². The third kappa shape index (κ3) is 2.51. The Balaban J connectivity index is 2.29. The Morgan fingerprint density at radius 3 is 2.82 bits per heavy atom. The molecule has 0 radical (unpaired) electrons. The molecule has 0 bridgehead atoms. The monoisotopic (exact) mass is 234 g/mol. The van der Waals surface area contributed by atoms with Gasteiger partial charge in [-0.25, -0.2) is 9.97 Å². The lowest BCUT2D eigenvalue weighted by Crippen LogP contribution is -2.22. The van der Waals surface area contributed by atoms with E-state index in [1.807, 2.05) is 0 Å². The summed E-state index contributed by atoms with van der Waals surface area (Å²) in [6, 6.07) is 0. The molecule has 1 saturated heterocycles. The molecule has 1 aliphatic rings. The van der Waals surface area contributed by atoms with E-state index >= 15 is 0 Å². The Kier molecular flexibility index (Phi) is 3.82. The molecular weight excluding hydrogens is 212 g/mol. The molecule has 0 saturated carbocycles. The van der Waals surface area contributed by atoms with Crippen LogP contribution in [-0.4, -0.2) is 29.6 Å². The summed E-state index contributed by atoms with van der Waals surface area (Å²) >= 11 is 0. The predicted octanol–water partition coefficient (Wildman–Crippen LogP) is 2.32. The van der Waals surface area contributed by atoms with Crippen molar-refractivity contribution in [3.63, 3.8) is 0 Å². The summed E-state index contributed by atoms with van der Waals surface area (Å²) in [5, 5.41) is 3.32. The van der Waals surface area contributed by atoms with Crippen molar-refractivity contribution in [3.8, 4) is 0 Å². The smallest absolute Gasteiger partial charge is 0.137 e. The van der Waals surface area contributed by atoms with E-state index in [-0.39, 0.29) is 0 Å². The average molecular weight is 234 g/mol. The minimum atomic E-state index is 0.775. The molecule has 1 unspecified atom stereocenters. The van der Waals surface area contributed by atoms with Gasteiger partial charge < -0.3 is 10.2 Å². The minimum Gasteiger partial charge on any atom is -0.370 e. The van der Waals surface area contributed by atoms with E-state index in [1.54, 1.807) is 6.33 Å². The number of hydrogen-bond donors (Lipinski definition) is 1. The first-order chi connectivity index (χ1) is 8.26. The molecule has 4 nitrogen and oxygen atoms in total. The van der Waals surface area contributed by atoms with Crippen molar-refractivity contribution in [3.05, 3.63) is 11.9 Å². The number of rotatable bonds is 4. The fraction of sp³-hybridized carbons (Fsp3) is 0.692. The van der Waals surface area contributed by atoms with Gasteiger partial charge in [0.15, 0.2) is 0 Å². The van der Waals surface area contributed by atoms with E-state index in [9.17, 15) is 0 Å². The maximum atomic E-state index is 4.48. The molecule has 0 spiro atoms. The highest BCUT2D eigenvalue weighted by atomic mass is 15.2. The second kappa shape index (κ2) is 5.34. The predicted molar refractivity (Wildman–Crippen MR) is 71.6 cm³/mol. The number of hydrogen-bond acceptors (Lipinski definition) is 4. The fourth-order valence-electron chi connectivity index (χ4n) is 2.45. The van der Waals surface area contributed by atoms with Gasteiger partial charge >= 0.3 is 0 Å². The maximum absolute atomic E-state index is 4.48. The van der Waals surface area contributed by atoms with E-state index in [0.29, 0.717) is 0 Å². The Hall–Kier alpha value is -1.32. The van der Waals surface area contributed by atoms with Gasteiger partial charge in [0, 0.05) is 25.2 Å². The summed E-state index contributed by atoms with van der Waals surface area (Å²) in [7, 11) is 0. The van der Waals surface area contributed by atoms with Gasteiger partial charge in [-0.1, -0.05) is 13.8 Å². The summed E-state index contributed by atoms with van der Waals surface area (Å²) in [4.78, 5) is 11.2. The molecule has 94 valence electrons. The third-order valence-corrected chi connectivity index (χ3v) is 3.34. The molecule has 1 atom stereocenters. The van der Waals surface area contributed by atoms with Crippen LogP contribution in [0.25, 0.3) is 0 Å². The molecule has 1 aliphatic heterocycles. The van der Waals surface area contributed by atoms with Crippen LogP contribution in [0, 0.1) is 5.92 Å². The summed E-state index contributed by atoms with van der Waals surface area (Å²) in [5.74, 6) is 2.90. The summed E-state index contributed by atoms with van der Waals surface area (Å²) in [5.41, 5.74) is 1.25. The summed E-state index contributed by atoms with van der Waals surface area (Å²) < 4.78 is 0. The highest BCUT2D eigenvalue weighted by Crippen LogP contribution is 2.28. The minimum absolute atomic E-state index is 0.775. The molecule has 1 fully saturated rings. The van der Waals surface area contributed by atoms with Gasteiger partial charge in [-0.05, 0) is 25.7 Å². The van der Waals surface area contributed by atoms with Crippen molar-refractivity contribution in [2.24, 2.45) is 5.92 Å². The van der Waals surface area contributed by atoms with E-state index in [1.165, 1.54) is 12.0 Å². The van der Waals surface area contributed by atoms with E-state index in [2.05, 4.69) is 41.0 Å². The molecule has 0 aliphatic carbocycles. The van der Waals surface area contributed by atoms with Gasteiger partial charge in [0.05, 0.1) is 0 Å². The van der Waals surface area contributed by atoms with Crippen molar-refractivity contribution in [2.75, 3.05) is 29.9 Å². The van der Waals surface area contributed by atoms with Crippen LogP contribution in [0.5, 0.6) is 0 Å². The molecule has 4 heteroatoms. The normalized spacial score (nSPS) is 19.7. The van der Waals surface area contributed by atoms with Crippen LogP contribution in [0.1, 0.15) is 32.8 Å². The Bertz CT molecular complexity index is 378. The Morgan fingerprint density at radius 1 is 1.41 bits per heavy atom. The van der Waals surface area contributed by atoms with Crippen LogP contribution in [0.3, 0.4) is 0 Å². The highest BCUT2D eigenvalue weighted by Gasteiger charge is 2.23. The number of nitrogens with one attached hydrogen (secondary N) is 1. The summed E-state index contributed by atoms with van der Waals surface area (Å²) in [6.45, 7) is 9.71. The molecule has 1 N–H and O–H groups in total. The van der Waals surface area contributed by atoms with Crippen molar-refractivity contribution in [1.29, 1.82) is 0 Å². The van der Waals surface area contributed by atoms with Crippen molar-refractivity contribution in [2.45, 2.75) is 33.6 Å². The van der Waals surface area contributed by atoms with Gasteiger partial charge in [-0.15, -0.1) is 0 Å². The number of anilines is 2.